The molecular formula is C16H15NS. The molecular weight excluding hydrogens is 238 g/mol. The maximum Gasteiger partial charge on any atom is 0.0352 e. The van der Waals surface area contributed by atoms with Gasteiger partial charge in [-0.15, -0.1) is 11.3 Å². The second-order valence-electron chi connectivity index (χ2n) is 4.45. The van der Waals surface area contributed by atoms with E-state index in [0.717, 1.165) is 0 Å². The molecule has 1 aromatic heterocycles. The number of benzene rings is 2. The molecule has 18 heavy (non-hydrogen) atoms. The first-order chi connectivity index (χ1) is 8.79. The molecule has 0 bridgehead atoms. The van der Waals surface area contributed by atoms with Crippen molar-refractivity contribution in [3.8, 4) is 10.4 Å². The Bertz CT molecular complexity index is 697. The van der Waals surface area contributed by atoms with Gasteiger partial charge in [-0.25, -0.2) is 0 Å². The van der Waals surface area contributed by atoms with E-state index in [9.17, 15) is 0 Å². The zero-order chi connectivity index (χ0) is 12.5. The van der Waals surface area contributed by atoms with Gasteiger partial charge in [-0.1, -0.05) is 36.4 Å². The van der Waals surface area contributed by atoms with Gasteiger partial charge in [0.05, 0.1) is 0 Å². The number of rotatable bonds is 2. The summed E-state index contributed by atoms with van der Waals surface area (Å²) in [5.41, 5.74) is 8.32. The molecule has 0 saturated heterocycles. The normalized spacial score (nSPS) is 11.0. The summed E-state index contributed by atoms with van der Waals surface area (Å²) in [6.07, 6.45) is 0. The van der Waals surface area contributed by atoms with Crippen molar-refractivity contribution in [3.05, 3.63) is 59.0 Å². The Morgan fingerprint density at radius 3 is 2.44 bits per heavy atom. The first kappa shape index (κ1) is 11.5. The van der Waals surface area contributed by atoms with Gasteiger partial charge in [-0.3, -0.25) is 0 Å². The Hall–Kier alpha value is -1.64. The smallest absolute Gasteiger partial charge is 0.0352 e. The molecule has 2 heteroatoms. The summed E-state index contributed by atoms with van der Waals surface area (Å²) < 4.78 is 0. The van der Waals surface area contributed by atoms with Crippen LogP contribution in [-0.4, -0.2) is 0 Å². The molecule has 2 aromatic carbocycles. The second kappa shape index (κ2) is 4.56. The number of hydrogen-bond acceptors (Lipinski definition) is 2. The van der Waals surface area contributed by atoms with E-state index in [1.165, 1.54) is 31.7 Å². The Morgan fingerprint density at radius 1 is 0.944 bits per heavy atom. The molecule has 90 valence electrons. The molecule has 0 amide bonds. The van der Waals surface area contributed by atoms with Crippen LogP contribution >= 0.6 is 11.3 Å². The van der Waals surface area contributed by atoms with E-state index < -0.39 is 0 Å². The summed E-state index contributed by atoms with van der Waals surface area (Å²) in [5.74, 6) is 0. The topological polar surface area (TPSA) is 26.0 Å². The van der Waals surface area contributed by atoms with Gasteiger partial charge in [-0.05, 0) is 41.0 Å². The van der Waals surface area contributed by atoms with Crippen LogP contribution in [0.3, 0.4) is 0 Å². The molecule has 0 aliphatic rings. The van der Waals surface area contributed by atoms with E-state index in [-0.39, 0.29) is 0 Å². The monoisotopic (exact) mass is 253 g/mol. The largest absolute Gasteiger partial charge is 0.326 e. The van der Waals surface area contributed by atoms with Crippen LogP contribution in [0.1, 0.15) is 10.4 Å². The second-order valence-corrected chi connectivity index (χ2v) is 5.61. The van der Waals surface area contributed by atoms with Crippen LogP contribution in [-0.2, 0) is 6.54 Å². The molecule has 0 atom stereocenters. The highest BCUT2D eigenvalue weighted by atomic mass is 32.1. The Kier molecular flexibility index (Phi) is 2.90. The van der Waals surface area contributed by atoms with E-state index in [1.54, 1.807) is 11.3 Å². The zero-order valence-electron chi connectivity index (χ0n) is 10.3. The minimum absolute atomic E-state index is 0.620. The molecule has 0 spiro atoms. The van der Waals surface area contributed by atoms with Crippen LogP contribution in [0.15, 0.2) is 48.5 Å². The van der Waals surface area contributed by atoms with Gasteiger partial charge in [0.1, 0.15) is 0 Å². The SMILES string of the molecule is Cc1ccc(-c2ccc(CN)s2)c2ccccc12. The van der Waals surface area contributed by atoms with E-state index in [4.69, 9.17) is 5.73 Å². The van der Waals surface area contributed by atoms with Gasteiger partial charge in [0.15, 0.2) is 0 Å². The molecule has 1 nitrogen and oxygen atoms in total. The van der Waals surface area contributed by atoms with E-state index >= 15 is 0 Å². The fraction of sp³-hybridized carbons (Fsp3) is 0.125. The fourth-order valence-corrected chi connectivity index (χ4v) is 3.22. The van der Waals surface area contributed by atoms with Crippen LogP contribution in [0.25, 0.3) is 21.2 Å². The number of aryl methyl sites for hydroxylation is 1. The van der Waals surface area contributed by atoms with Crippen LogP contribution in [0, 0.1) is 6.92 Å². The Labute approximate surface area is 111 Å². The minimum atomic E-state index is 0.620. The molecule has 2 N–H and O–H groups in total. The van der Waals surface area contributed by atoms with Crippen molar-refractivity contribution in [2.45, 2.75) is 13.5 Å². The predicted octanol–water partition coefficient (Wildman–Crippen LogP) is 4.34. The van der Waals surface area contributed by atoms with Crippen LogP contribution in [0.2, 0.25) is 0 Å². The van der Waals surface area contributed by atoms with Crippen molar-refractivity contribution >= 4 is 22.1 Å². The lowest BCUT2D eigenvalue weighted by Crippen LogP contribution is -1.91. The van der Waals surface area contributed by atoms with Gasteiger partial charge in [0, 0.05) is 16.3 Å². The van der Waals surface area contributed by atoms with Crippen LogP contribution < -0.4 is 5.73 Å². The van der Waals surface area contributed by atoms with Crippen molar-refractivity contribution in [1.82, 2.24) is 0 Å². The van der Waals surface area contributed by atoms with E-state index in [2.05, 4.69) is 55.5 Å². The molecule has 3 rings (SSSR count). The number of nitrogens with two attached hydrogens (primary N) is 1. The van der Waals surface area contributed by atoms with Crippen molar-refractivity contribution in [3.63, 3.8) is 0 Å². The summed E-state index contributed by atoms with van der Waals surface area (Å²) in [6, 6.07) is 17.3. The molecule has 1 heterocycles. The number of fused-ring (bicyclic) bond motifs is 1. The fourth-order valence-electron chi connectivity index (χ4n) is 2.30. The van der Waals surface area contributed by atoms with Crippen molar-refractivity contribution in [2.75, 3.05) is 0 Å². The lowest BCUT2D eigenvalue weighted by Gasteiger charge is -2.07. The third kappa shape index (κ3) is 1.84. The molecule has 0 radical (unpaired) electrons. The van der Waals surface area contributed by atoms with Gasteiger partial charge in [0.2, 0.25) is 0 Å². The predicted molar refractivity (Wildman–Crippen MR) is 79.9 cm³/mol. The Morgan fingerprint density at radius 2 is 1.72 bits per heavy atom. The highest BCUT2D eigenvalue weighted by Gasteiger charge is 2.07. The molecule has 0 unspecified atom stereocenters. The van der Waals surface area contributed by atoms with Crippen molar-refractivity contribution in [1.29, 1.82) is 0 Å². The van der Waals surface area contributed by atoms with Crippen molar-refractivity contribution in [2.24, 2.45) is 5.73 Å². The molecule has 0 aliphatic carbocycles. The summed E-state index contributed by atoms with van der Waals surface area (Å²) >= 11 is 1.78. The zero-order valence-corrected chi connectivity index (χ0v) is 11.1. The standard InChI is InChI=1S/C16H15NS/c1-11-6-8-15(14-5-3-2-4-13(11)14)16-9-7-12(10-17)18-16/h2-9H,10,17H2,1H3. The average Bonchev–Trinajstić information content (AvgIpc) is 2.88. The molecule has 3 aromatic rings. The maximum atomic E-state index is 5.69. The number of hydrogen-bond donors (Lipinski definition) is 1. The molecule has 0 aliphatic heterocycles. The molecule has 0 fully saturated rings. The average molecular weight is 253 g/mol. The third-order valence-electron chi connectivity index (χ3n) is 3.27. The van der Waals surface area contributed by atoms with Gasteiger partial charge < -0.3 is 5.73 Å². The number of thiophene rings is 1. The van der Waals surface area contributed by atoms with E-state index in [1.807, 2.05) is 0 Å². The molecule has 0 saturated carbocycles. The Balaban J connectivity index is 2.26. The first-order valence-electron chi connectivity index (χ1n) is 6.07. The van der Waals surface area contributed by atoms with Gasteiger partial charge in [-0.2, -0.15) is 0 Å². The lowest BCUT2D eigenvalue weighted by atomic mass is 9.99. The summed E-state index contributed by atoms with van der Waals surface area (Å²) in [4.78, 5) is 2.53. The van der Waals surface area contributed by atoms with Gasteiger partial charge >= 0.3 is 0 Å². The summed E-state index contributed by atoms with van der Waals surface area (Å²) in [6.45, 7) is 2.78. The van der Waals surface area contributed by atoms with Crippen molar-refractivity contribution < 1.29 is 0 Å². The highest BCUT2D eigenvalue weighted by molar-refractivity contribution is 7.15. The third-order valence-corrected chi connectivity index (χ3v) is 4.41. The van der Waals surface area contributed by atoms with Gasteiger partial charge in [0.25, 0.3) is 0 Å². The minimum Gasteiger partial charge on any atom is -0.326 e. The van der Waals surface area contributed by atoms with E-state index in [0.29, 0.717) is 6.54 Å². The first-order valence-corrected chi connectivity index (χ1v) is 6.89. The lowest BCUT2D eigenvalue weighted by molar-refractivity contribution is 1.11. The quantitative estimate of drug-likeness (QED) is 0.722. The summed E-state index contributed by atoms with van der Waals surface area (Å²) in [5, 5.41) is 2.65. The van der Waals surface area contributed by atoms with Crippen LogP contribution in [0.4, 0.5) is 0 Å². The van der Waals surface area contributed by atoms with Crippen LogP contribution in [0.5, 0.6) is 0 Å². The maximum absolute atomic E-state index is 5.69. The summed E-state index contributed by atoms with van der Waals surface area (Å²) in [7, 11) is 0. The highest BCUT2D eigenvalue weighted by Crippen LogP contribution is 2.34.